The zero-order valence-corrected chi connectivity index (χ0v) is 15.3. The number of aromatic nitrogens is 1. The summed E-state index contributed by atoms with van der Waals surface area (Å²) in [6.07, 6.45) is 0.630. The molecule has 2 amide bonds. The Morgan fingerprint density at radius 3 is 2.72 bits per heavy atom. The number of aryl methyl sites for hydroxylation is 1. The summed E-state index contributed by atoms with van der Waals surface area (Å²) in [5, 5.41) is 20.1. The molecule has 1 saturated heterocycles. The lowest BCUT2D eigenvalue weighted by atomic mass is 10.0. The van der Waals surface area contributed by atoms with Crippen LogP contribution < -0.4 is 0 Å². The maximum atomic E-state index is 12.3. The molecule has 1 fully saturated rings. The molecule has 1 aromatic heterocycles. The molecule has 7 nitrogen and oxygen atoms in total. The van der Waals surface area contributed by atoms with Crippen molar-refractivity contribution in [3.05, 3.63) is 29.6 Å². The standard InChI is InChI=1S/C18H27N3O4/c1-12-6-5-9-19-15(12)16(23)13-7-8-14(22)20(13)10-11-21(17(24)25)18(2,3)4/h5-6,9,13,16,23H,7-8,10-11H2,1-4H3,(H,24,25)/t13?,16-/m0/s1. The van der Waals surface area contributed by atoms with Crippen molar-refractivity contribution in [3.8, 4) is 0 Å². The van der Waals surface area contributed by atoms with Gasteiger partial charge >= 0.3 is 6.09 Å². The van der Waals surface area contributed by atoms with Crippen LogP contribution in [0, 0.1) is 6.92 Å². The van der Waals surface area contributed by atoms with Crippen molar-refractivity contribution >= 4 is 12.0 Å². The van der Waals surface area contributed by atoms with E-state index in [2.05, 4.69) is 4.98 Å². The lowest BCUT2D eigenvalue weighted by Crippen LogP contribution is -2.50. The van der Waals surface area contributed by atoms with Gasteiger partial charge in [0.1, 0.15) is 6.10 Å². The van der Waals surface area contributed by atoms with Gasteiger partial charge in [-0.2, -0.15) is 0 Å². The molecule has 1 aliphatic rings. The molecule has 0 saturated carbocycles. The lowest BCUT2D eigenvalue weighted by Gasteiger charge is -2.36. The number of aliphatic hydroxyl groups excluding tert-OH is 1. The molecule has 1 aromatic rings. The Balaban J connectivity index is 2.14. The van der Waals surface area contributed by atoms with Crippen LogP contribution in [0.15, 0.2) is 18.3 Å². The van der Waals surface area contributed by atoms with Crippen molar-refractivity contribution in [2.75, 3.05) is 13.1 Å². The van der Waals surface area contributed by atoms with Gasteiger partial charge in [0.15, 0.2) is 0 Å². The number of amides is 2. The minimum Gasteiger partial charge on any atom is -0.465 e. The molecule has 2 N–H and O–H groups in total. The predicted octanol–water partition coefficient (Wildman–Crippen LogP) is 2.19. The summed E-state index contributed by atoms with van der Waals surface area (Å²) in [4.78, 5) is 30.9. The van der Waals surface area contributed by atoms with Crippen molar-refractivity contribution in [2.45, 2.75) is 58.2 Å². The van der Waals surface area contributed by atoms with Crippen molar-refractivity contribution in [1.82, 2.24) is 14.8 Å². The van der Waals surface area contributed by atoms with Crippen LogP contribution in [-0.2, 0) is 4.79 Å². The average Bonchev–Trinajstić information content (AvgIpc) is 2.87. The molecule has 25 heavy (non-hydrogen) atoms. The fourth-order valence-corrected chi connectivity index (χ4v) is 3.29. The summed E-state index contributed by atoms with van der Waals surface area (Å²) in [5.74, 6) is -0.0584. The number of carbonyl (C=O) groups excluding carboxylic acids is 1. The van der Waals surface area contributed by atoms with Gasteiger partial charge < -0.3 is 20.0 Å². The van der Waals surface area contributed by atoms with E-state index in [-0.39, 0.29) is 25.0 Å². The predicted molar refractivity (Wildman–Crippen MR) is 93.2 cm³/mol. The number of carbonyl (C=O) groups is 2. The van der Waals surface area contributed by atoms with Gasteiger partial charge in [-0.1, -0.05) is 6.07 Å². The summed E-state index contributed by atoms with van der Waals surface area (Å²) < 4.78 is 0. The summed E-state index contributed by atoms with van der Waals surface area (Å²) >= 11 is 0. The minimum absolute atomic E-state index is 0.0584. The highest BCUT2D eigenvalue weighted by Crippen LogP contribution is 2.30. The largest absolute Gasteiger partial charge is 0.465 e. The number of likely N-dealkylation sites (tertiary alicyclic amines) is 1. The number of aliphatic hydroxyl groups is 1. The topological polar surface area (TPSA) is 94.0 Å². The normalized spacial score (nSPS) is 19.2. The van der Waals surface area contributed by atoms with Gasteiger partial charge in [0.25, 0.3) is 0 Å². The second-order valence-corrected chi connectivity index (χ2v) is 7.45. The highest BCUT2D eigenvalue weighted by molar-refractivity contribution is 5.79. The van der Waals surface area contributed by atoms with Crippen molar-refractivity contribution in [1.29, 1.82) is 0 Å². The Morgan fingerprint density at radius 2 is 2.16 bits per heavy atom. The number of rotatable bonds is 5. The summed E-state index contributed by atoms with van der Waals surface area (Å²) in [5.41, 5.74) is 0.884. The van der Waals surface area contributed by atoms with Gasteiger partial charge in [-0.15, -0.1) is 0 Å². The quantitative estimate of drug-likeness (QED) is 0.850. The van der Waals surface area contributed by atoms with Crippen LogP contribution in [-0.4, -0.2) is 61.7 Å². The zero-order chi connectivity index (χ0) is 18.8. The Kier molecular flexibility index (Phi) is 5.67. The first-order valence-corrected chi connectivity index (χ1v) is 8.52. The van der Waals surface area contributed by atoms with Gasteiger partial charge in [-0.25, -0.2) is 4.79 Å². The summed E-state index contributed by atoms with van der Waals surface area (Å²) in [7, 11) is 0. The van der Waals surface area contributed by atoms with E-state index < -0.39 is 17.7 Å². The summed E-state index contributed by atoms with van der Waals surface area (Å²) in [6.45, 7) is 7.78. The molecule has 7 heteroatoms. The van der Waals surface area contributed by atoms with Crippen molar-refractivity contribution < 1.29 is 19.8 Å². The molecule has 1 unspecified atom stereocenters. The van der Waals surface area contributed by atoms with Crippen molar-refractivity contribution in [2.24, 2.45) is 0 Å². The maximum Gasteiger partial charge on any atom is 0.407 e. The van der Waals surface area contributed by atoms with Gasteiger partial charge in [-0.05, 0) is 45.7 Å². The Labute approximate surface area is 148 Å². The van der Waals surface area contributed by atoms with E-state index in [0.717, 1.165) is 5.56 Å². The van der Waals surface area contributed by atoms with Crippen molar-refractivity contribution in [3.63, 3.8) is 0 Å². The molecule has 2 rings (SSSR count). The first-order valence-electron chi connectivity index (χ1n) is 8.52. The van der Waals surface area contributed by atoms with E-state index in [4.69, 9.17) is 0 Å². The van der Waals surface area contributed by atoms with E-state index >= 15 is 0 Å². The third kappa shape index (κ3) is 4.28. The van der Waals surface area contributed by atoms with Crippen LogP contribution in [0.1, 0.15) is 51.0 Å². The number of pyridine rings is 1. The summed E-state index contributed by atoms with van der Waals surface area (Å²) in [6, 6.07) is 3.30. The van der Waals surface area contributed by atoms with Gasteiger partial charge in [0.05, 0.1) is 11.7 Å². The Bertz CT molecular complexity index is 641. The number of hydrogen-bond donors (Lipinski definition) is 2. The van der Waals surface area contributed by atoms with Crippen LogP contribution in [0.4, 0.5) is 4.79 Å². The molecular formula is C18H27N3O4. The molecule has 2 heterocycles. The van der Waals surface area contributed by atoms with E-state index in [1.807, 2.05) is 33.8 Å². The van der Waals surface area contributed by atoms with Crippen LogP contribution in [0.25, 0.3) is 0 Å². The fourth-order valence-electron chi connectivity index (χ4n) is 3.29. The molecule has 0 aromatic carbocycles. The average molecular weight is 349 g/mol. The van der Waals surface area contributed by atoms with E-state index in [1.165, 1.54) is 4.90 Å². The number of carboxylic acid groups (broad SMARTS) is 1. The first kappa shape index (κ1) is 19.2. The first-order chi connectivity index (χ1) is 11.6. The zero-order valence-electron chi connectivity index (χ0n) is 15.3. The van der Waals surface area contributed by atoms with Gasteiger partial charge in [0, 0.05) is 31.2 Å². The van der Waals surface area contributed by atoms with Crippen LogP contribution >= 0.6 is 0 Å². The number of nitrogens with zero attached hydrogens (tertiary/aromatic N) is 3. The van der Waals surface area contributed by atoms with E-state index in [1.54, 1.807) is 17.2 Å². The molecule has 2 atom stereocenters. The molecular weight excluding hydrogens is 322 g/mol. The third-order valence-electron chi connectivity index (χ3n) is 4.67. The molecule has 0 radical (unpaired) electrons. The Morgan fingerprint density at radius 1 is 1.48 bits per heavy atom. The second-order valence-electron chi connectivity index (χ2n) is 7.45. The van der Waals surface area contributed by atoms with E-state index in [0.29, 0.717) is 18.5 Å². The third-order valence-corrected chi connectivity index (χ3v) is 4.67. The molecule has 1 aliphatic heterocycles. The van der Waals surface area contributed by atoms with E-state index in [9.17, 15) is 19.8 Å². The second kappa shape index (κ2) is 7.39. The van der Waals surface area contributed by atoms with Crippen LogP contribution in [0.5, 0.6) is 0 Å². The highest BCUT2D eigenvalue weighted by Gasteiger charge is 2.38. The molecule has 0 spiro atoms. The highest BCUT2D eigenvalue weighted by atomic mass is 16.4. The SMILES string of the molecule is Cc1cccnc1[C@@H](O)C1CCC(=O)N1CCN(C(=O)O)C(C)(C)C. The minimum atomic E-state index is -1.02. The molecule has 138 valence electrons. The Hall–Kier alpha value is -2.15. The molecule has 0 aliphatic carbocycles. The van der Waals surface area contributed by atoms with Gasteiger partial charge in [0.2, 0.25) is 5.91 Å². The van der Waals surface area contributed by atoms with Gasteiger partial charge in [-0.3, -0.25) is 9.78 Å². The lowest BCUT2D eigenvalue weighted by molar-refractivity contribution is -0.130. The smallest absolute Gasteiger partial charge is 0.407 e. The maximum absolute atomic E-state index is 12.3. The fraction of sp³-hybridized carbons (Fsp3) is 0.611. The molecule has 0 bridgehead atoms. The monoisotopic (exact) mass is 349 g/mol. The van der Waals surface area contributed by atoms with Crippen LogP contribution in [0.3, 0.4) is 0 Å². The number of hydrogen-bond acceptors (Lipinski definition) is 4. The van der Waals surface area contributed by atoms with Crippen LogP contribution in [0.2, 0.25) is 0 Å².